The molecule has 0 saturated heterocycles. The summed E-state index contributed by atoms with van der Waals surface area (Å²) in [6.07, 6.45) is 42.7. The summed E-state index contributed by atoms with van der Waals surface area (Å²) in [5, 5.41) is 10.6. The fourth-order valence-electron chi connectivity index (χ4n) is 9.44. The van der Waals surface area contributed by atoms with E-state index in [0.29, 0.717) is 37.5 Å². The van der Waals surface area contributed by atoms with Crippen molar-refractivity contribution in [2.24, 2.45) is 17.8 Å². The molecular formula is C67H126O17P2. The fraction of sp³-hybridized carbons (Fsp3) is 0.881. The largest absolute Gasteiger partial charge is 0.472 e. The molecule has 0 aromatic rings. The van der Waals surface area contributed by atoms with Gasteiger partial charge in [0.15, 0.2) is 12.2 Å². The molecule has 0 bridgehead atoms. The van der Waals surface area contributed by atoms with Gasteiger partial charge in [0.1, 0.15) is 19.3 Å². The molecule has 0 heterocycles. The van der Waals surface area contributed by atoms with E-state index in [1.807, 2.05) is 0 Å². The molecular weight excluding hydrogens is 1140 g/mol. The molecule has 19 heteroatoms. The highest BCUT2D eigenvalue weighted by Crippen LogP contribution is 2.45. The summed E-state index contributed by atoms with van der Waals surface area (Å²) in [4.78, 5) is 72.3. The van der Waals surface area contributed by atoms with Gasteiger partial charge in [-0.05, 0) is 69.1 Å². The SMILES string of the molecule is CCCCCC/C=C\C=C/CCCCCCCC(=O)O[C@H](COC(=O)CCCCCCCCCC(C)C)COP(=O)(O)OC[C@@H](O)COP(=O)(O)OC[C@@H](COC(=O)CCCCCCCCC(C)C)OC(=O)CCCCCCCCCCC(C)CC. The summed E-state index contributed by atoms with van der Waals surface area (Å²) in [7, 11) is -9.91. The van der Waals surface area contributed by atoms with Crippen molar-refractivity contribution >= 4 is 39.5 Å². The van der Waals surface area contributed by atoms with Gasteiger partial charge in [0, 0.05) is 25.7 Å². The third kappa shape index (κ3) is 59.2. The topological polar surface area (TPSA) is 237 Å². The Labute approximate surface area is 522 Å². The van der Waals surface area contributed by atoms with Gasteiger partial charge >= 0.3 is 39.5 Å². The molecule has 6 atom stereocenters. The first kappa shape index (κ1) is 83.5. The molecule has 0 saturated carbocycles. The van der Waals surface area contributed by atoms with E-state index in [2.05, 4.69) is 72.8 Å². The Morgan fingerprint density at radius 1 is 0.384 bits per heavy atom. The smallest absolute Gasteiger partial charge is 0.462 e. The number of carbonyl (C=O) groups is 4. The molecule has 0 aliphatic rings. The van der Waals surface area contributed by atoms with Crippen LogP contribution in [0, 0.1) is 17.8 Å². The van der Waals surface area contributed by atoms with Gasteiger partial charge in [0.2, 0.25) is 0 Å². The normalized spacial score (nSPS) is 14.8. The highest BCUT2D eigenvalue weighted by atomic mass is 31.2. The van der Waals surface area contributed by atoms with Crippen LogP contribution >= 0.6 is 15.6 Å². The van der Waals surface area contributed by atoms with E-state index in [1.165, 1.54) is 89.9 Å². The van der Waals surface area contributed by atoms with E-state index in [1.54, 1.807) is 0 Å². The van der Waals surface area contributed by atoms with Crippen molar-refractivity contribution in [2.75, 3.05) is 39.6 Å². The van der Waals surface area contributed by atoms with Crippen LogP contribution in [0.25, 0.3) is 0 Å². The van der Waals surface area contributed by atoms with Crippen LogP contribution < -0.4 is 0 Å². The molecule has 0 amide bonds. The Bertz CT molecular complexity index is 1790. The van der Waals surface area contributed by atoms with Crippen LogP contribution in [0.3, 0.4) is 0 Å². The van der Waals surface area contributed by atoms with Gasteiger partial charge in [0.05, 0.1) is 26.4 Å². The molecule has 0 aliphatic carbocycles. The third-order valence-corrected chi connectivity index (χ3v) is 17.0. The van der Waals surface area contributed by atoms with Crippen molar-refractivity contribution in [1.29, 1.82) is 0 Å². The maximum Gasteiger partial charge on any atom is 0.472 e. The second kappa shape index (κ2) is 57.7. The number of carbonyl (C=O) groups excluding carboxylic acids is 4. The zero-order valence-electron chi connectivity index (χ0n) is 55.3. The zero-order chi connectivity index (χ0) is 63.8. The Morgan fingerprint density at radius 3 is 1.03 bits per heavy atom. The van der Waals surface area contributed by atoms with E-state index < -0.39 is 97.5 Å². The fourth-order valence-corrected chi connectivity index (χ4v) is 11.0. The number of allylic oxidation sites excluding steroid dienone is 4. The van der Waals surface area contributed by atoms with Crippen LogP contribution in [0.2, 0.25) is 0 Å². The Balaban J connectivity index is 5.28. The summed E-state index contributed by atoms with van der Waals surface area (Å²) in [6, 6.07) is 0. The minimum absolute atomic E-state index is 0.0835. The average Bonchev–Trinajstić information content (AvgIpc) is 3.69. The van der Waals surface area contributed by atoms with Gasteiger partial charge in [-0.2, -0.15) is 0 Å². The lowest BCUT2D eigenvalue weighted by molar-refractivity contribution is -0.161. The molecule has 0 rings (SSSR count). The lowest BCUT2D eigenvalue weighted by Crippen LogP contribution is -2.30. The maximum atomic E-state index is 13.0. The molecule has 0 spiro atoms. The van der Waals surface area contributed by atoms with Gasteiger partial charge < -0.3 is 33.8 Å². The summed E-state index contributed by atoms with van der Waals surface area (Å²) in [5.41, 5.74) is 0. The Kier molecular flexibility index (Phi) is 56.0. The first-order valence-electron chi connectivity index (χ1n) is 34.2. The van der Waals surface area contributed by atoms with Crippen molar-refractivity contribution in [3.63, 3.8) is 0 Å². The van der Waals surface area contributed by atoms with Crippen molar-refractivity contribution in [2.45, 2.75) is 324 Å². The molecule has 506 valence electrons. The number of aliphatic hydroxyl groups excluding tert-OH is 1. The van der Waals surface area contributed by atoms with Gasteiger partial charge in [-0.15, -0.1) is 0 Å². The number of hydrogen-bond acceptors (Lipinski definition) is 15. The monoisotopic (exact) mass is 1260 g/mol. The summed E-state index contributed by atoms with van der Waals surface area (Å²) in [5.74, 6) is -0.0189. The molecule has 0 aromatic carbocycles. The maximum absolute atomic E-state index is 13.0. The van der Waals surface area contributed by atoms with E-state index in [-0.39, 0.29) is 25.7 Å². The number of rotatable bonds is 63. The number of phosphoric acid groups is 2. The molecule has 0 radical (unpaired) electrons. The lowest BCUT2D eigenvalue weighted by Gasteiger charge is -2.21. The second-order valence-corrected chi connectivity index (χ2v) is 27.6. The summed E-state index contributed by atoms with van der Waals surface area (Å²) < 4.78 is 68.0. The summed E-state index contributed by atoms with van der Waals surface area (Å²) in [6.45, 7) is 11.6. The minimum Gasteiger partial charge on any atom is -0.462 e. The van der Waals surface area contributed by atoms with E-state index in [4.69, 9.17) is 37.0 Å². The Morgan fingerprint density at radius 2 is 0.686 bits per heavy atom. The van der Waals surface area contributed by atoms with Crippen LogP contribution in [-0.4, -0.2) is 96.7 Å². The van der Waals surface area contributed by atoms with Gasteiger partial charge in [-0.3, -0.25) is 37.3 Å². The molecule has 86 heavy (non-hydrogen) atoms. The van der Waals surface area contributed by atoms with Crippen LogP contribution in [-0.2, 0) is 65.4 Å². The minimum atomic E-state index is -4.96. The average molecular weight is 1270 g/mol. The van der Waals surface area contributed by atoms with Crippen molar-refractivity contribution in [3.05, 3.63) is 24.3 Å². The zero-order valence-corrected chi connectivity index (χ0v) is 57.0. The number of phosphoric ester groups is 2. The number of ether oxygens (including phenoxy) is 4. The highest BCUT2D eigenvalue weighted by molar-refractivity contribution is 7.47. The van der Waals surface area contributed by atoms with Crippen LogP contribution in [0.5, 0.6) is 0 Å². The van der Waals surface area contributed by atoms with Crippen molar-refractivity contribution in [1.82, 2.24) is 0 Å². The van der Waals surface area contributed by atoms with E-state index in [9.17, 15) is 43.2 Å². The standard InChI is InChI=1S/C67H126O17P2/c1-8-10-11-12-13-14-15-16-17-18-19-20-26-36-43-50-66(71)83-62(54-77-64(69)48-41-34-28-23-24-31-38-45-58(3)4)56-81-85(73,74)79-52-61(68)53-80-86(75,76)82-57-63(55-78-65(70)49-42-35-30-29-32-39-46-59(5)6)84-67(72)51-44-37-27-22-21-25-33-40-47-60(7)9-2/h14-17,58-63,68H,8-13,18-57H2,1-7H3,(H,73,74)(H,75,76)/b15-14-,17-16-/t60?,61-,62-,63-/m1/s1. The molecule has 3 unspecified atom stereocenters. The third-order valence-electron chi connectivity index (χ3n) is 15.1. The van der Waals surface area contributed by atoms with Gasteiger partial charge in [0.25, 0.3) is 0 Å². The highest BCUT2D eigenvalue weighted by Gasteiger charge is 2.30. The predicted molar refractivity (Wildman–Crippen MR) is 344 cm³/mol. The van der Waals surface area contributed by atoms with Gasteiger partial charge in [-0.1, -0.05) is 253 Å². The first-order valence-corrected chi connectivity index (χ1v) is 37.2. The quantitative estimate of drug-likeness (QED) is 0.0169. The predicted octanol–water partition coefficient (Wildman–Crippen LogP) is 18.2. The number of esters is 4. The van der Waals surface area contributed by atoms with Crippen LogP contribution in [0.4, 0.5) is 0 Å². The van der Waals surface area contributed by atoms with Crippen molar-refractivity contribution < 1.29 is 80.2 Å². The van der Waals surface area contributed by atoms with Gasteiger partial charge in [-0.25, -0.2) is 9.13 Å². The molecule has 0 aliphatic heterocycles. The second-order valence-electron chi connectivity index (χ2n) is 24.7. The number of hydrogen-bond donors (Lipinski definition) is 3. The van der Waals surface area contributed by atoms with Crippen molar-refractivity contribution in [3.8, 4) is 0 Å². The number of unbranched alkanes of at least 4 members (excludes halogenated alkanes) is 27. The summed E-state index contributed by atoms with van der Waals surface area (Å²) >= 11 is 0. The molecule has 0 aromatic heterocycles. The lowest BCUT2D eigenvalue weighted by atomic mass is 9.99. The molecule has 17 nitrogen and oxygen atoms in total. The number of aliphatic hydroxyl groups is 1. The van der Waals surface area contributed by atoms with E-state index in [0.717, 1.165) is 121 Å². The van der Waals surface area contributed by atoms with Crippen LogP contribution in [0.1, 0.15) is 305 Å². The molecule has 3 N–H and O–H groups in total. The Hall–Kier alpha value is -2.46. The van der Waals surface area contributed by atoms with E-state index >= 15 is 0 Å². The molecule has 0 fully saturated rings. The van der Waals surface area contributed by atoms with Crippen LogP contribution in [0.15, 0.2) is 24.3 Å². The first-order chi connectivity index (χ1) is 41.3.